The lowest BCUT2D eigenvalue weighted by atomic mass is 9.93. The van der Waals surface area contributed by atoms with Gasteiger partial charge in [0.1, 0.15) is 0 Å². The maximum absolute atomic E-state index is 11.8. The molecule has 4 nitrogen and oxygen atoms in total. The van der Waals surface area contributed by atoms with Crippen molar-refractivity contribution < 1.29 is 9.53 Å². The van der Waals surface area contributed by atoms with Crippen LogP contribution < -0.4 is 10.9 Å². The monoisotopic (exact) mass is 296 g/mol. The van der Waals surface area contributed by atoms with Gasteiger partial charge in [-0.05, 0) is 23.1 Å². The van der Waals surface area contributed by atoms with Crippen molar-refractivity contribution in [2.24, 2.45) is 5.92 Å². The quantitative estimate of drug-likeness (QED) is 0.850. The number of hydrogen-bond acceptors (Lipinski definition) is 4. The summed E-state index contributed by atoms with van der Waals surface area (Å²) in [5.74, 6) is -0.374. The van der Waals surface area contributed by atoms with Crippen LogP contribution in [0.1, 0.15) is 22.7 Å². The first-order valence-corrected chi connectivity index (χ1v) is 7.47. The number of hydrogen-bond donors (Lipinski definition) is 2. The largest absolute Gasteiger partial charge is 0.469 e. The van der Waals surface area contributed by atoms with Gasteiger partial charge in [-0.15, -0.1) is 0 Å². The van der Waals surface area contributed by atoms with Crippen LogP contribution in [0.25, 0.3) is 0 Å². The van der Waals surface area contributed by atoms with Gasteiger partial charge in [-0.1, -0.05) is 54.6 Å². The van der Waals surface area contributed by atoms with E-state index in [0.717, 1.165) is 12.0 Å². The van der Waals surface area contributed by atoms with Gasteiger partial charge in [-0.3, -0.25) is 10.2 Å². The van der Waals surface area contributed by atoms with Gasteiger partial charge in [0.2, 0.25) is 0 Å². The van der Waals surface area contributed by atoms with E-state index < -0.39 is 0 Å². The first kappa shape index (κ1) is 14.8. The number of rotatable bonds is 4. The Bertz CT molecular complexity index is 625. The maximum atomic E-state index is 11.8. The van der Waals surface area contributed by atoms with Gasteiger partial charge in [-0.2, -0.15) is 0 Å². The zero-order valence-corrected chi connectivity index (χ0v) is 12.6. The third-order valence-electron chi connectivity index (χ3n) is 4.08. The molecular formula is C18H20N2O2. The molecule has 0 spiro atoms. The summed E-state index contributed by atoms with van der Waals surface area (Å²) in [6.07, 6.45) is 0.915. The highest BCUT2D eigenvalue weighted by molar-refractivity contribution is 5.74. The zero-order chi connectivity index (χ0) is 15.4. The minimum Gasteiger partial charge on any atom is -0.469 e. The Labute approximate surface area is 130 Å². The second-order valence-electron chi connectivity index (χ2n) is 5.54. The Morgan fingerprint density at radius 3 is 2.45 bits per heavy atom. The minimum absolute atomic E-state index is 0.0433. The lowest BCUT2D eigenvalue weighted by Crippen LogP contribution is -2.26. The second kappa shape index (κ2) is 6.73. The minimum atomic E-state index is -0.190. The Morgan fingerprint density at radius 1 is 1.09 bits per heavy atom. The van der Waals surface area contributed by atoms with Crippen LogP contribution in [0.2, 0.25) is 0 Å². The van der Waals surface area contributed by atoms with E-state index >= 15 is 0 Å². The standard InChI is InChI=1S/C18H20N2O2/c1-22-18(21)16-12-19-20-17(16)15-9-7-14(8-10-15)11-13-5-3-2-4-6-13/h2-10,16-17,19-20H,11-12H2,1H3. The number of nitrogens with one attached hydrogen (secondary N) is 2. The van der Waals surface area contributed by atoms with E-state index in [-0.39, 0.29) is 17.9 Å². The molecule has 1 aliphatic heterocycles. The fourth-order valence-electron chi connectivity index (χ4n) is 2.86. The van der Waals surface area contributed by atoms with E-state index in [9.17, 15) is 4.79 Å². The van der Waals surface area contributed by atoms with Gasteiger partial charge in [0.15, 0.2) is 0 Å². The lowest BCUT2D eigenvalue weighted by Gasteiger charge is -2.17. The average Bonchev–Trinajstić information content (AvgIpc) is 3.05. The predicted molar refractivity (Wildman–Crippen MR) is 85.1 cm³/mol. The number of benzene rings is 2. The summed E-state index contributed by atoms with van der Waals surface area (Å²) < 4.78 is 4.87. The van der Waals surface area contributed by atoms with E-state index in [1.807, 2.05) is 6.07 Å². The van der Waals surface area contributed by atoms with Crippen molar-refractivity contribution in [3.8, 4) is 0 Å². The molecule has 2 aromatic rings. The van der Waals surface area contributed by atoms with Crippen LogP contribution in [0.3, 0.4) is 0 Å². The molecule has 1 aliphatic rings. The van der Waals surface area contributed by atoms with Gasteiger partial charge in [-0.25, -0.2) is 5.43 Å². The molecule has 4 heteroatoms. The second-order valence-corrected chi connectivity index (χ2v) is 5.54. The molecule has 22 heavy (non-hydrogen) atoms. The van der Waals surface area contributed by atoms with E-state index in [1.54, 1.807) is 0 Å². The van der Waals surface area contributed by atoms with Crippen molar-refractivity contribution in [2.45, 2.75) is 12.5 Å². The highest BCUT2D eigenvalue weighted by Crippen LogP contribution is 2.26. The summed E-state index contributed by atoms with van der Waals surface area (Å²) in [6, 6.07) is 18.8. The van der Waals surface area contributed by atoms with Crippen LogP contribution in [0, 0.1) is 5.92 Å². The van der Waals surface area contributed by atoms with Crippen LogP contribution in [-0.2, 0) is 16.0 Å². The Kier molecular flexibility index (Phi) is 4.51. The van der Waals surface area contributed by atoms with Crippen molar-refractivity contribution in [3.63, 3.8) is 0 Å². The van der Waals surface area contributed by atoms with E-state index in [0.29, 0.717) is 6.54 Å². The molecule has 0 radical (unpaired) electrons. The van der Waals surface area contributed by atoms with E-state index in [4.69, 9.17) is 4.74 Å². The maximum Gasteiger partial charge on any atom is 0.312 e. The molecule has 0 amide bonds. The molecule has 0 saturated carbocycles. The number of methoxy groups -OCH3 is 1. The summed E-state index contributed by atoms with van der Waals surface area (Å²) in [5, 5.41) is 0. The molecule has 3 rings (SSSR count). The van der Waals surface area contributed by atoms with Crippen LogP contribution >= 0.6 is 0 Å². The molecule has 2 unspecified atom stereocenters. The summed E-state index contributed by atoms with van der Waals surface area (Å²) in [6.45, 7) is 0.586. The number of ether oxygens (including phenoxy) is 1. The Hall–Kier alpha value is -2.17. The third kappa shape index (κ3) is 3.18. The molecule has 0 bridgehead atoms. The molecule has 1 heterocycles. The van der Waals surface area contributed by atoms with Gasteiger partial charge >= 0.3 is 5.97 Å². The van der Waals surface area contributed by atoms with Crippen molar-refractivity contribution in [1.82, 2.24) is 10.9 Å². The van der Waals surface area contributed by atoms with Crippen molar-refractivity contribution >= 4 is 5.97 Å². The highest BCUT2D eigenvalue weighted by atomic mass is 16.5. The van der Waals surface area contributed by atoms with E-state index in [1.165, 1.54) is 18.2 Å². The number of hydrazine groups is 1. The summed E-state index contributed by atoms with van der Waals surface area (Å²) in [7, 11) is 1.43. The molecule has 2 atom stereocenters. The van der Waals surface area contributed by atoms with Gasteiger partial charge < -0.3 is 4.74 Å². The summed E-state index contributed by atoms with van der Waals surface area (Å²) in [5.41, 5.74) is 9.85. The zero-order valence-electron chi connectivity index (χ0n) is 12.6. The van der Waals surface area contributed by atoms with Crippen molar-refractivity contribution in [3.05, 3.63) is 71.3 Å². The molecular weight excluding hydrogens is 276 g/mol. The SMILES string of the molecule is COC(=O)C1CNNC1c1ccc(Cc2ccccc2)cc1. The Morgan fingerprint density at radius 2 is 1.77 bits per heavy atom. The fourth-order valence-corrected chi connectivity index (χ4v) is 2.86. The third-order valence-corrected chi connectivity index (χ3v) is 4.08. The van der Waals surface area contributed by atoms with Crippen molar-refractivity contribution in [1.29, 1.82) is 0 Å². The number of carbonyl (C=O) groups is 1. The molecule has 0 aliphatic carbocycles. The van der Waals surface area contributed by atoms with Crippen LogP contribution in [0.15, 0.2) is 54.6 Å². The van der Waals surface area contributed by atoms with Crippen LogP contribution in [0.5, 0.6) is 0 Å². The smallest absolute Gasteiger partial charge is 0.312 e. The molecule has 1 fully saturated rings. The highest BCUT2D eigenvalue weighted by Gasteiger charge is 2.34. The van der Waals surface area contributed by atoms with Gasteiger partial charge in [0, 0.05) is 6.54 Å². The fraction of sp³-hybridized carbons (Fsp3) is 0.278. The molecule has 1 saturated heterocycles. The summed E-state index contributed by atoms with van der Waals surface area (Å²) in [4.78, 5) is 11.8. The van der Waals surface area contributed by atoms with Crippen LogP contribution in [-0.4, -0.2) is 19.6 Å². The molecule has 0 aromatic heterocycles. The summed E-state index contributed by atoms with van der Waals surface area (Å²) >= 11 is 0. The number of carbonyl (C=O) groups excluding carboxylic acids is 1. The first-order chi connectivity index (χ1) is 10.8. The van der Waals surface area contributed by atoms with Crippen LogP contribution in [0.4, 0.5) is 0 Å². The van der Waals surface area contributed by atoms with Gasteiger partial charge in [0.05, 0.1) is 19.1 Å². The normalized spacial score (nSPS) is 20.8. The van der Waals surface area contributed by atoms with E-state index in [2.05, 4.69) is 59.4 Å². The molecule has 2 aromatic carbocycles. The number of esters is 1. The lowest BCUT2D eigenvalue weighted by molar-refractivity contribution is -0.145. The molecule has 2 N–H and O–H groups in total. The average molecular weight is 296 g/mol. The Balaban J connectivity index is 1.72. The van der Waals surface area contributed by atoms with Crippen molar-refractivity contribution in [2.75, 3.05) is 13.7 Å². The van der Waals surface area contributed by atoms with Gasteiger partial charge in [0.25, 0.3) is 0 Å². The topological polar surface area (TPSA) is 50.4 Å². The molecule has 114 valence electrons. The predicted octanol–water partition coefficient (Wildman–Crippen LogP) is 2.22. The first-order valence-electron chi connectivity index (χ1n) is 7.47.